The van der Waals surface area contributed by atoms with Crippen LogP contribution in [0.4, 0.5) is 5.82 Å². The minimum atomic E-state index is 0.493. The molecule has 0 saturated carbocycles. The second-order valence-electron chi connectivity index (χ2n) is 6.53. The Morgan fingerprint density at radius 3 is 2.86 bits per heavy atom. The smallest absolute Gasteiger partial charge is 0.129 e. The van der Waals surface area contributed by atoms with Crippen molar-refractivity contribution in [1.29, 1.82) is 0 Å². The highest BCUT2D eigenvalue weighted by molar-refractivity contribution is 5.84. The van der Waals surface area contributed by atoms with Crippen LogP contribution in [0.25, 0.3) is 10.9 Å². The first-order chi connectivity index (χ1) is 10.1. The van der Waals surface area contributed by atoms with Crippen LogP contribution in [0.5, 0.6) is 0 Å². The summed E-state index contributed by atoms with van der Waals surface area (Å²) in [4.78, 5) is 7.30. The summed E-state index contributed by atoms with van der Waals surface area (Å²) in [5.41, 5.74) is 2.46. The highest BCUT2D eigenvalue weighted by Crippen LogP contribution is 2.27. The number of pyridine rings is 1. The van der Waals surface area contributed by atoms with Crippen LogP contribution in [-0.4, -0.2) is 24.1 Å². The van der Waals surface area contributed by atoms with Crippen molar-refractivity contribution in [2.75, 3.05) is 18.0 Å². The summed E-state index contributed by atoms with van der Waals surface area (Å²) in [5.74, 6) is 1.91. The molecule has 1 aliphatic rings. The molecule has 112 valence electrons. The molecule has 21 heavy (non-hydrogen) atoms. The van der Waals surface area contributed by atoms with Gasteiger partial charge in [-0.15, -0.1) is 0 Å². The van der Waals surface area contributed by atoms with E-state index in [-0.39, 0.29) is 0 Å². The van der Waals surface area contributed by atoms with Gasteiger partial charge in [0.05, 0.1) is 5.52 Å². The molecule has 1 unspecified atom stereocenters. The first kappa shape index (κ1) is 14.3. The maximum atomic E-state index is 4.88. The van der Waals surface area contributed by atoms with E-state index in [1.54, 1.807) is 0 Å². The second kappa shape index (κ2) is 6.02. The molecule has 1 aliphatic heterocycles. The van der Waals surface area contributed by atoms with Gasteiger partial charge in [-0.1, -0.05) is 39.0 Å². The molecule has 0 spiro atoms. The zero-order valence-corrected chi connectivity index (χ0v) is 13.3. The van der Waals surface area contributed by atoms with E-state index in [0.29, 0.717) is 6.04 Å². The monoisotopic (exact) mass is 283 g/mol. The van der Waals surface area contributed by atoms with Crippen LogP contribution in [0, 0.1) is 5.92 Å². The van der Waals surface area contributed by atoms with Crippen LogP contribution in [0.2, 0.25) is 0 Å². The summed E-state index contributed by atoms with van der Waals surface area (Å²) in [7, 11) is 0. The summed E-state index contributed by atoms with van der Waals surface area (Å²) in [5, 5.41) is 4.80. The predicted molar refractivity (Wildman–Crippen MR) is 89.7 cm³/mol. The molecule has 0 aliphatic carbocycles. The molecule has 1 N–H and O–H groups in total. The van der Waals surface area contributed by atoms with Gasteiger partial charge in [0, 0.05) is 31.1 Å². The standard InChI is InChI=1S/C18H25N3/c1-13(2)19-11-15-10-18(21-9-8-14(3)12-21)20-17-7-5-4-6-16(15)17/h4-7,10,13-14,19H,8-9,11-12H2,1-3H3. The van der Waals surface area contributed by atoms with Crippen molar-refractivity contribution >= 4 is 16.7 Å². The lowest BCUT2D eigenvalue weighted by atomic mass is 10.1. The summed E-state index contributed by atoms with van der Waals surface area (Å²) >= 11 is 0. The van der Waals surface area contributed by atoms with Crippen LogP contribution in [0.15, 0.2) is 30.3 Å². The van der Waals surface area contributed by atoms with E-state index in [1.165, 1.54) is 17.4 Å². The van der Waals surface area contributed by atoms with Crippen molar-refractivity contribution < 1.29 is 0 Å². The van der Waals surface area contributed by atoms with Crippen LogP contribution < -0.4 is 10.2 Å². The Morgan fingerprint density at radius 1 is 1.33 bits per heavy atom. The molecule has 0 radical (unpaired) electrons. The van der Waals surface area contributed by atoms with Gasteiger partial charge in [0.25, 0.3) is 0 Å². The molecule has 3 nitrogen and oxygen atoms in total. The van der Waals surface area contributed by atoms with Gasteiger partial charge >= 0.3 is 0 Å². The van der Waals surface area contributed by atoms with Gasteiger partial charge < -0.3 is 10.2 Å². The summed E-state index contributed by atoms with van der Waals surface area (Å²) in [6, 6.07) is 11.2. The quantitative estimate of drug-likeness (QED) is 0.929. The molecule has 3 heteroatoms. The van der Waals surface area contributed by atoms with Gasteiger partial charge in [0.1, 0.15) is 5.82 Å². The minimum absolute atomic E-state index is 0.493. The molecular weight excluding hydrogens is 258 g/mol. The Labute approximate surface area is 127 Å². The van der Waals surface area contributed by atoms with E-state index in [4.69, 9.17) is 4.98 Å². The minimum Gasteiger partial charge on any atom is -0.356 e. The van der Waals surface area contributed by atoms with Crippen molar-refractivity contribution in [3.8, 4) is 0 Å². The average molecular weight is 283 g/mol. The van der Waals surface area contributed by atoms with E-state index in [1.807, 2.05) is 0 Å². The third-order valence-corrected chi connectivity index (χ3v) is 4.24. The van der Waals surface area contributed by atoms with Crippen molar-refractivity contribution in [1.82, 2.24) is 10.3 Å². The average Bonchev–Trinajstić information content (AvgIpc) is 2.91. The Kier molecular flexibility index (Phi) is 4.11. The zero-order chi connectivity index (χ0) is 14.8. The van der Waals surface area contributed by atoms with Gasteiger partial charge in [0.15, 0.2) is 0 Å². The number of fused-ring (bicyclic) bond motifs is 1. The van der Waals surface area contributed by atoms with Gasteiger partial charge in [-0.3, -0.25) is 0 Å². The molecule has 2 aromatic rings. The van der Waals surface area contributed by atoms with Gasteiger partial charge in [-0.2, -0.15) is 0 Å². The number of benzene rings is 1. The number of hydrogen-bond acceptors (Lipinski definition) is 3. The van der Waals surface area contributed by atoms with E-state index in [9.17, 15) is 0 Å². The summed E-state index contributed by atoms with van der Waals surface area (Å²) in [6.45, 7) is 9.85. The van der Waals surface area contributed by atoms with Gasteiger partial charge in [-0.25, -0.2) is 4.98 Å². The van der Waals surface area contributed by atoms with Gasteiger partial charge in [0.2, 0.25) is 0 Å². The molecule has 1 aromatic carbocycles. The first-order valence-electron chi connectivity index (χ1n) is 8.00. The van der Waals surface area contributed by atoms with Crippen molar-refractivity contribution in [2.45, 2.75) is 39.8 Å². The number of para-hydroxylation sites is 1. The zero-order valence-electron chi connectivity index (χ0n) is 13.3. The Balaban J connectivity index is 1.98. The van der Waals surface area contributed by atoms with Crippen LogP contribution in [0.3, 0.4) is 0 Å². The van der Waals surface area contributed by atoms with Crippen LogP contribution >= 0.6 is 0 Å². The molecular formula is C18H25N3. The van der Waals surface area contributed by atoms with E-state index >= 15 is 0 Å². The van der Waals surface area contributed by atoms with Crippen LogP contribution in [-0.2, 0) is 6.54 Å². The number of rotatable bonds is 4. The predicted octanol–water partition coefficient (Wildman–Crippen LogP) is 3.58. The number of hydrogen-bond donors (Lipinski definition) is 1. The Bertz CT molecular complexity index is 621. The number of nitrogens with one attached hydrogen (secondary N) is 1. The summed E-state index contributed by atoms with van der Waals surface area (Å²) in [6.07, 6.45) is 1.27. The fourth-order valence-corrected chi connectivity index (χ4v) is 3.00. The largest absolute Gasteiger partial charge is 0.356 e. The molecule has 1 fully saturated rings. The van der Waals surface area contributed by atoms with Crippen molar-refractivity contribution in [3.05, 3.63) is 35.9 Å². The van der Waals surface area contributed by atoms with Gasteiger partial charge in [-0.05, 0) is 30.0 Å². The maximum absolute atomic E-state index is 4.88. The van der Waals surface area contributed by atoms with E-state index < -0.39 is 0 Å². The molecule has 3 rings (SSSR count). The lowest BCUT2D eigenvalue weighted by Crippen LogP contribution is -2.23. The Hall–Kier alpha value is -1.61. The molecule has 2 heterocycles. The van der Waals surface area contributed by atoms with E-state index in [2.05, 4.69) is 61.3 Å². The topological polar surface area (TPSA) is 28.2 Å². The van der Waals surface area contributed by atoms with Crippen molar-refractivity contribution in [2.24, 2.45) is 5.92 Å². The first-order valence-corrected chi connectivity index (χ1v) is 8.00. The van der Waals surface area contributed by atoms with E-state index in [0.717, 1.165) is 36.9 Å². The lowest BCUT2D eigenvalue weighted by Gasteiger charge is -2.20. The number of aromatic nitrogens is 1. The molecule has 0 bridgehead atoms. The Morgan fingerprint density at radius 2 is 2.14 bits per heavy atom. The summed E-state index contributed by atoms with van der Waals surface area (Å²) < 4.78 is 0. The maximum Gasteiger partial charge on any atom is 0.129 e. The fraction of sp³-hybridized carbons (Fsp3) is 0.500. The second-order valence-corrected chi connectivity index (χ2v) is 6.53. The third kappa shape index (κ3) is 3.18. The number of nitrogens with zero attached hydrogens (tertiary/aromatic N) is 2. The normalized spacial score (nSPS) is 18.9. The molecule has 1 aromatic heterocycles. The lowest BCUT2D eigenvalue weighted by molar-refractivity contribution is 0.590. The highest BCUT2D eigenvalue weighted by atomic mass is 15.2. The molecule has 1 atom stereocenters. The SMILES string of the molecule is CC1CCN(c2cc(CNC(C)C)c3ccccc3n2)C1. The number of anilines is 1. The molecule has 0 amide bonds. The molecule has 1 saturated heterocycles. The van der Waals surface area contributed by atoms with Crippen molar-refractivity contribution in [3.63, 3.8) is 0 Å². The van der Waals surface area contributed by atoms with Crippen LogP contribution in [0.1, 0.15) is 32.8 Å². The highest BCUT2D eigenvalue weighted by Gasteiger charge is 2.20. The fourth-order valence-electron chi connectivity index (χ4n) is 3.00. The third-order valence-electron chi connectivity index (χ3n) is 4.24.